The van der Waals surface area contributed by atoms with Crippen LogP contribution in [0.2, 0.25) is 0 Å². The van der Waals surface area contributed by atoms with Gasteiger partial charge in [-0.2, -0.15) is 0 Å². The molecular formula is C23H16F3NO6S2. The van der Waals surface area contributed by atoms with Gasteiger partial charge in [0.1, 0.15) is 27.1 Å². The molecule has 0 unspecified atom stereocenters. The van der Waals surface area contributed by atoms with Gasteiger partial charge in [-0.1, -0.05) is 6.07 Å². The van der Waals surface area contributed by atoms with Crippen LogP contribution in [0.1, 0.15) is 45.0 Å². The van der Waals surface area contributed by atoms with Crippen LogP contribution in [-0.2, 0) is 25.8 Å². The third-order valence-electron chi connectivity index (χ3n) is 5.77. The number of halogens is 3. The number of benzene rings is 2. The predicted molar refractivity (Wildman–Crippen MR) is 120 cm³/mol. The molecule has 182 valence electrons. The third kappa shape index (κ3) is 3.73. The van der Waals surface area contributed by atoms with Crippen molar-refractivity contribution in [2.45, 2.75) is 29.9 Å². The second kappa shape index (κ2) is 8.31. The van der Waals surface area contributed by atoms with E-state index >= 15 is 0 Å². The van der Waals surface area contributed by atoms with Crippen molar-refractivity contribution in [2.75, 3.05) is 4.90 Å². The molecule has 3 aromatic rings. The van der Waals surface area contributed by atoms with E-state index in [9.17, 15) is 41.1 Å². The molecule has 7 nitrogen and oxygen atoms in total. The summed E-state index contributed by atoms with van der Waals surface area (Å²) in [5.41, 5.74) is -1.58. The van der Waals surface area contributed by atoms with Crippen LogP contribution in [0.15, 0.2) is 46.7 Å². The summed E-state index contributed by atoms with van der Waals surface area (Å²) in [6, 6.07) is 5.15. The molecule has 0 radical (unpaired) electrons. The SMILES string of the molecule is CC(C)(c1c(F)cccc1F)S(=O)(=O)c1ccc(F)c(N2C(=O)Cc3csc(C(=O)O)c3C2=O)c1. The molecule has 2 aromatic carbocycles. The third-order valence-corrected chi connectivity index (χ3v) is 9.21. The average molecular weight is 524 g/mol. The molecule has 35 heavy (non-hydrogen) atoms. The van der Waals surface area contributed by atoms with E-state index in [0.29, 0.717) is 11.0 Å². The number of carbonyl (C=O) groups excluding carboxylic acids is 2. The van der Waals surface area contributed by atoms with Crippen LogP contribution in [0, 0.1) is 17.5 Å². The molecule has 1 N–H and O–H groups in total. The van der Waals surface area contributed by atoms with Gasteiger partial charge in [-0.3, -0.25) is 9.59 Å². The Morgan fingerprint density at radius 1 is 1.06 bits per heavy atom. The van der Waals surface area contributed by atoms with E-state index in [1.807, 2.05) is 0 Å². The molecular weight excluding hydrogens is 507 g/mol. The van der Waals surface area contributed by atoms with Gasteiger partial charge in [-0.15, -0.1) is 11.3 Å². The molecule has 2 amide bonds. The molecule has 0 saturated heterocycles. The first-order valence-electron chi connectivity index (χ1n) is 9.98. The van der Waals surface area contributed by atoms with Gasteiger partial charge in [0.15, 0.2) is 9.84 Å². The maximum Gasteiger partial charge on any atom is 0.346 e. The number of thiophene rings is 1. The molecule has 2 heterocycles. The minimum absolute atomic E-state index is 0.166. The standard InChI is InChI=1S/C23H16F3NO6S2/c1-23(2,19-14(25)4-3-5-15(19)26)35(32,33)12-6-7-13(24)16(9-12)27-17(28)8-11-10-34-20(22(30)31)18(11)21(27)29/h3-7,9-10H,8H2,1-2H3,(H,30,31). The Morgan fingerprint density at radius 3 is 2.29 bits per heavy atom. The number of carbonyl (C=O) groups is 3. The Balaban J connectivity index is 1.85. The average Bonchev–Trinajstić information content (AvgIpc) is 3.18. The fraction of sp³-hybridized carbons (Fsp3) is 0.174. The van der Waals surface area contributed by atoms with Crippen LogP contribution >= 0.6 is 11.3 Å². The maximum absolute atomic E-state index is 14.8. The number of carboxylic acids is 1. The van der Waals surface area contributed by atoms with Crippen LogP contribution in [0.5, 0.6) is 0 Å². The highest BCUT2D eigenvalue weighted by atomic mass is 32.2. The van der Waals surface area contributed by atoms with Gasteiger partial charge in [-0.25, -0.2) is 31.3 Å². The van der Waals surface area contributed by atoms with Crippen LogP contribution in [0.3, 0.4) is 0 Å². The first-order chi connectivity index (χ1) is 16.3. The Hall–Kier alpha value is -3.51. The second-order valence-electron chi connectivity index (χ2n) is 8.20. The van der Waals surface area contributed by atoms with Gasteiger partial charge in [-0.05, 0) is 55.1 Å². The van der Waals surface area contributed by atoms with Crippen LogP contribution in [0.4, 0.5) is 18.9 Å². The number of imide groups is 1. The molecule has 12 heteroatoms. The van der Waals surface area contributed by atoms with Crippen LogP contribution in [0.25, 0.3) is 0 Å². The quantitative estimate of drug-likeness (QED) is 0.395. The van der Waals surface area contributed by atoms with Gasteiger partial charge >= 0.3 is 5.97 Å². The number of hydrogen-bond acceptors (Lipinski definition) is 6. The van der Waals surface area contributed by atoms with Crippen molar-refractivity contribution < 1.29 is 41.1 Å². The van der Waals surface area contributed by atoms with E-state index in [1.165, 1.54) is 5.38 Å². The number of anilines is 1. The van der Waals surface area contributed by atoms with E-state index in [0.717, 1.165) is 55.5 Å². The van der Waals surface area contributed by atoms with Crippen LogP contribution in [-0.4, -0.2) is 31.3 Å². The monoisotopic (exact) mass is 523 g/mol. The number of hydrogen-bond donors (Lipinski definition) is 1. The normalized spacial score (nSPS) is 14.3. The number of amides is 2. The molecule has 0 aliphatic carbocycles. The number of rotatable bonds is 5. The molecule has 4 rings (SSSR count). The number of sulfone groups is 1. The van der Waals surface area contributed by atoms with Crippen LogP contribution < -0.4 is 4.90 Å². The molecule has 0 bridgehead atoms. The summed E-state index contributed by atoms with van der Waals surface area (Å²) in [6.07, 6.45) is -0.410. The smallest absolute Gasteiger partial charge is 0.346 e. The minimum atomic E-state index is -4.61. The highest BCUT2D eigenvalue weighted by molar-refractivity contribution is 7.92. The van der Waals surface area contributed by atoms with Crippen molar-refractivity contribution in [3.8, 4) is 0 Å². The summed E-state index contributed by atoms with van der Waals surface area (Å²) in [6.45, 7) is 2.14. The lowest BCUT2D eigenvalue weighted by molar-refractivity contribution is -0.117. The van der Waals surface area contributed by atoms with Crippen molar-refractivity contribution in [2.24, 2.45) is 0 Å². The van der Waals surface area contributed by atoms with E-state index in [4.69, 9.17) is 0 Å². The summed E-state index contributed by atoms with van der Waals surface area (Å²) in [5.74, 6) is -6.77. The van der Waals surface area contributed by atoms with E-state index in [1.54, 1.807) is 0 Å². The summed E-state index contributed by atoms with van der Waals surface area (Å²) in [7, 11) is -4.61. The Labute approximate surface area is 201 Å². The Kier molecular flexibility index (Phi) is 5.84. The number of carboxylic acid groups (broad SMARTS) is 1. The van der Waals surface area contributed by atoms with Gasteiger partial charge < -0.3 is 5.11 Å². The lowest BCUT2D eigenvalue weighted by Gasteiger charge is -2.28. The lowest BCUT2D eigenvalue weighted by atomic mass is 10.0. The van der Waals surface area contributed by atoms with Crippen molar-refractivity contribution in [1.29, 1.82) is 0 Å². The van der Waals surface area contributed by atoms with Gasteiger partial charge in [0.25, 0.3) is 5.91 Å². The predicted octanol–water partition coefficient (Wildman–Crippen LogP) is 4.30. The lowest BCUT2D eigenvalue weighted by Crippen LogP contribution is -2.43. The Bertz CT molecular complexity index is 1510. The largest absolute Gasteiger partial charge is 0.477 e. The van der Waals surface area contributed by atoms with E-state index in [-0.39, 0.29) is 16.0 Å². The van der Waals surface area contributed by atoms with Crippen molar-refractivity contribution in [3.63, 3.8) is 0 Å². The van der Waals surface area contributed by atoms with E-state index < -0.39 is 72.4 Å². The van der Waals surface area contributed by atoms with Crippen molar-refractivity contribution in [3.05, 3.63) is 80.8 Å². The number of aromatic carboxylic acids is 1. The zero-order valence-corrected chi connectivity index (χ0v) is 19.8. The number of nitrogens with zero attached hydrogens (tertiary/aromatic N) is 1. The van der Waals surface area contributed by atoms with E-state index in [2.05, 4.69) is 0 Å². The highest BCUT2D eigenvalue weighted by Crippen LogP contribution is 2.40. The summed E-state index contributed by atoms with van der Waals surface area (Å²) in [5, 5.41) is 10.7. The van der Waals surface area contributed by atoms with Crippen molar-refractivity contribution in [1.82, 2.24) is 0 Å². The summed E-state index contributed by atoms with van der Waals surface area (Å²) in [4.78, 5) is 36.7. The number of fused-ring (bicyclic) bond motifs is 1. The van der Waals surface area contributed by atoms with Gasteiger partial charge in [0.2, 0.25) is 5.91 Å². The fourth-order valence-electron chi connectivity index (χ4n) is 3.96. The first-order valence-corrected chi connectivity index (χ1v) is 12.3. The van der Waals surface area contributed by atoms with Crippen molar-refractivity contribution >= 4 is 44.6 Å². The molecule has 1 aromatic heterocycles. The highest BCUT2D eigenvalue weighted by Gasteiger charge is 2.43. The molecule has 0 atom stereocenters. The Morgan fingerprint density at radius 2 is 1.69 bits per heavy atom. The molecule has 1 aliphatic rings. The summed E-state index contributed by atoms with van der Waals surface area (Å²) < 4.78 is 68.4. The zero-order valence-electron chi connectivity index (χ0n) is 18.1. The maximum atomic E-state index is 14.8. The first kappa shape index (κ1) is 24.6. The van der Waals surface area contributed by atoms with Gasteiger partial charge in [0, 0.05) is 5.56 Å². The zero-order chi connectivity index (χ0) is 25.9. The molecule has 1 aliphatic heterocycles. The summed E-state index contributed by atoms with van der Waals surface area (Å²) >= 11 is 0.732. The molecule has 0 saturated carbocycles. The minimum Gasteiger partial charge on any atom is -0.477 e. The molecule has 0 spiro atoms. The second-order valence-corrected chi connectivity index (χ2v) is 11.6. The molecule has 0 fully saturated rings. The topological polar surface area (TPSA) is 109 Å². The fourth-order valence-corrected chi connectivity index (χ4v) is 6.42. The van der Waals surface area contributed by atoms with Gasteiger partial charge in [0.05, 0.1) is 22.6 Å².